The van der Waals surface area contributed by atoms with Gasteiger partial charge in [-0.25, -0.2) is 9.78 Å². The van der Waals surface area contributed by atoms with Crippen LogP contribution in [0.25, 0.3) is 10.4 Å². The van der Waals surface area contributed by atoms with Gasteiger partial charge in [-0.3, -0.25) is 14.4 Å². The molecule has 1 aliphatic rings. The standard InChI is InChI=1S/C36H45N3O8S/c1-23-32(48-22-37-23)25-10-7-24(8-11-25)9-16-30(41)29-19-27(40)20-39(29)34(43)33(36(2,3)4)38-31(42)21-46-17-5-6-18-47-28-14-12-26(13-15-28)35(44)45/h7-8,10-15,22,27,29,33,40H,5-6,9,16-21H2,1-4H3,(H,38,42)(H,44,45)/t27-,29+,33-/m1/s1. The number of carbonyl (C=O) groups is 4. The molecule has 1 aliphatic heterocycles. The minimum Gasteiger partial charge on any atom is -0.494 e. The van der Waals surface area contributed by atoms with Crippen molar-refractivity contribution < 1.29 is 38.9 Å². The van der Waals surface area contributed by atoms with E-state index in [0.717, 1.165) is 21.7 Å². The highest BCUT2D eigenvalue weighted by Crippen LogP contribution is 2.29. The van der Waals surface area contributed by atoms with Crippen LogP contribution >= 0.6 is 11.3 Å². The minimum atomic E-state index is -0.998. The summed E-state index contributed by atoms with van der Waals surface area (Å²) in [4.78, 5) is 57.8. The number of β-amino-alcohol motifs (C(OH)–C–C–N with tert-alkyl or cyclic N) is 1. The normalized spacial score (nSPS) is 16.8. The summed E-state index contributed by atoms with van der Waals surface area (Å²) >= 11 is 1.59. The van der Waals surface area contributed by atoms with Gasteiger partial charge in [0.25, 0.3) is 0 Å². The molecule has 1 fully saturated rings. The predicted molar refractivity (Wildman–Crippen MR) is 182 cm³/mol. The van der Waals surface area contributed by atoms with Gasteiger partial charge in [0.2, 0.25) is 11.8 Å². The monoisotopic (exact) mass is 679 g/mol. The van der Waals surface area contributed by atoms with Crippen LogP contribution in [-0.4, -0.2) is 88.2 Å². The highest BCUT2D eigenvalue weighted by Gasteiger charge is 2.44. The highest BCUT2D eigenvalue weighted by atomic mass is 32.1. The van der Waals surface area contributed by atoms with Crippen molar-refractivity contribution in [2.75, 3.05) is 26.4 Å². The van der Waals surface area contributed by atoms with Crippen molar-refractivity contribution in [2.45, 2.75) is 78.0 Å². The number of Topliss-reactive ketones (excluding diaryl/α,β-unsaturated/α-hetero) is 1. The summed E-state index contributed by atoms with van der Waals surface area (Å²) in [5, 5.41) is 22.3. The second-order valence-corrected chi connectivity index (χ2v) is 14.0. The van der Waals surface area contributed by atoms with Crippen molar-refractivity contribution in [1.82, 2.24) is 15.2 Å². The Hall–Kier alpha value is -4.13. The lowest BCUT2D eigenvalue weighted by molar-refractivity contribution is -0.144. The molecule has 3 atom stereocenters. The Morgan fingerprint density at radius 1 is 1.04 bits per heavy atom. The molecule has 0 radical (unpaired) electrons. The number of amides is 2. The molecule has 3 N–H and O–H groups in total. The van der Waals surface area contributed by atoms with Gasteiger partial charge in [-0.2, -0.15) is 0 Å². The van der Waals surface area contributed by atoms with Crippen LogP contribution in [0.15, 0.2) is 54.0 Å². The average Bonchev–Trinajstić information content (AvgIpc) is 3.66. The maximum atomic E-state index is 13.8. The quantitative estimate of drug-likeness (QED) is 0.183. The summed E-state index contributed by atoms with van der Waals surface area (Å²) in [6.45, 7) is 8.01. The molecule has 2 amide bonds. The van der Waals surface area contributed by atoms with Gasteiger partial charge in [0.05, 0.1) is 40.4 Å². The summed E-state index contributed by atoms with van der Waals surface area (Å²) < 4.78 is 11.2. The maximum absolute atomic E-state index is 13.8. The molecule has 258 valence electrons. The molecule has 0 unspecified atom stereocenters. The van der Waals surface area contributed by atoms with Crippen LogP contribution in [0.5, 0.6) is 5.75 Å². The molecule has 2 heterocycles. The van der Waals surface area contributed by atoms with Crippen LogP contribution in [0.2, 0.25) is 0 Å². The molecule has 0 aliphatic carbocycles. The summed E-state index contributed by atoms with van der Waals surface area (Å²) in [6, 6.07) is 12.5. The van der Waals surface area contributed by atoms with E-state index >= 15 is 0 Å². The summed E-state index contributed by atoms with van der Waals surface area (Å²) in [6.07, 6.45) is 1.38. The SMILES string of the molecule is Cc1ncsc1-c1ccc(CCC(=O)[C@@H]2C[C@@H](O)CN2C(=O)[C@@H](NC(=O)COCCCCOc2ccc(C(=O)O)cc2)C(C)(C)C)cc1. The molecule has 2 aromatic carbocycles. The van der Waals surface area contributed by atoms with Crippen LogP contribution in [-0.2, 0) is 25.5 Å². The van der Waals surface area contributed by atoms with Gasteiger partial charge in [-0.15, -0.1) is 11.3 Å². The van der Waals surface area contributed by atoms with Gasteiger partial charge in [0.15, 0.2) is 5.78 Å². The number of rotatable bonds is 16. The number of ether oxygens (including phenoxy) is 2. The zero-order valence-electron chi connectivity index (χ0n) is 27.9. The molecule has 1 aromatic heterocycles. The number of ketones is 1. The van der Waals surface area contributed by atoms with Crippen molar-refractivity contribution in [3.8, 4) is 16.2 Å². The first-order chi connectivity index (χ1) is 22.8. The first-order valence-corrected chi connectivity index (χ1v) is 17.1. The van der Waals surface area contributed by atoms with E-state index in [0.29, 0.717) is 38.2 Å². The molecule has 0 bridgehead atoms. The number of nitrogens with one attached hydrogen (secondary N) is 1. The number of unbranched alkanes of at least 4 members (excludes halogenated alkanes) is 1. The number of benzene rings is 2. The molecule has 0 spiro atoms. The number of hydrogen-bond donors (Lipinski definition) is 3. The number of aryl methyl sites for hydroxylation is 2. The fourth-order valence-corrected chi connectivity index (χ4v) is 6.38. The number of hydrogen-bond acceptors (Lipinski definition) is 9. The third-order valence-electron chi connectivity index (χ3n) is 8.26. The lowest BCUT2D eigenvalue weighted by Gasteiger charge is -2.35. The largest absolute Gasteiger partial charge is 0.494 e. The third-order valence-corrected chi connectivity index (χ3v) is 9.24. The number of aromatic carboxylic acids is 1. The van der Waals surface area contributed by atoms with E-state index < -0.39 is 41.4 Å². The van der Waals surface area contributed by atoms with E-state index in [1.807, 2.05) is 57.5 Å². The van der Waals surface area contributed by atoms with E-state index in [-0.39, 0.29) is 37.3 Å². The zero-order valence-corrected chi connectivity index (χ0v) is 28.8. The van der Waals surface area contributed by atoms with Crippen LogP contribution in [0.1, 0.15) is 68.1 Å². The summed E-state index contributed by atoms with van der Waals surface area (Å²) in [5.41, 5.74) is 4.41. The van der Waals surface area contributed by atoms with Crippen molar-refractivity contribution in [1.29, 1.82) is 0 Å². The average molecular weight is 680 g/mol. The van der Waals surface area contributed by atoms with Gasteiger partial charge < -0.3 is 29.9 Å². The Balaban J connectivity index is 1.23. The molecule has 0 saturated carbocycles. The molecule has 4 rings (SSSR count). The first kappa shape index (κ1) is 36.7. The fraction of sp³-hybridized carbons (Fsp3) is 0.472. The van der Waals surface area contributed by atoms with Crippen LogP contribution in [0, 0.1) is 12.3 Å². The third kappa shape index (κ3) is 10.2. The van der Waals surface area contributed by atoms with E-state index in [4.69, 9.17) is 14.6 Å². The van der Waals surface area contributed by atoms with E-state index in [2.05, 4.69) is 10.3 Å². The molecular formula is C36H45N3O8S. The second kappa shape index (κ2) is 16.8. The second-order valence-electron chi connectivity index (χ2n) is 13.1. The van der Waals surface area contributed by atoms with E-state index in [1.165, 1.54) is 17.0 Å². The van der Waals surface area contributed by atoms with Crippen LogP contribution in [0.3, 0.4) is 0 Å². The number of aliphatic hydroxyl groups is 1. The topological polar surface area (TPSA) is 155 Å². The molecule has 3 aromatic rings. The number of aromatic nitrogens is 1. The Kier molecular flexibility index (Phi) is 12.9. The number of nitrogens with zero attached hydrogens (tertiary/aromatic N) is 2. The van der Waals surface area contributed by atoms with Crippen molar-refractivity contribution in [3.05, 3.63) is 70.9 Å². The molecule has 12 heteroatoms. The van der Waals surface area contributed by atoms with E-state index in [9.17, 15) is 24.3 Å². The highest BCUT2D eigenvalue weighted by molar-refractivity contribution is 7.13. The molecule has 1 saturated heterocycles. The summed E-state index contributed by atoms with van der Waals surface area (Å²) in [5.74, 6) is -1.39. The molecule has 48 heavy (non-hydrogen) atoms. The lowest BCUT2D eigenvalue weighted by Crippen LogP contribution is -2.57. The number of likely N-dealkylation sites (tertiary alicyclic amines) is 1. The zero-order chi connectivity index (χ0) is 34.8. The van der Waals surface area contributed by atoms with Gasteiger partial charge >= 0.3 is 5.97 Å². The van der Waals surface area contributed by atoms with Gasteiger partial charge in [-0.1, -0.05) is 45.0 Å². The first-order valence-electron chi connectivity index (χ1n) is 16.2. The number of thiazole rings is 1. The number of carboxylic acid groups (broad SMARTS) is 1. The van der Waals surface area contributed by atoms with Gasteiger partial charge in [0.1, 0.15) is 18.4 Å². The smallest absolute Gasteiger partial charge is 0.335 e. The van der Waals surface area contributed by atoms with Gasteiger partial charge in [0, 0.05) is 26.0 Å². The predicted octanol–water partition coefficient (Wildman–Crippen LogP) is 4.69. The van der Waals surface area contributed by atoms with Gasteiger partial charge in [-0.05, 0) is 67.0 Å². The Morgan fingerprint density at radius 3 is 2.35 bits per heavy atom. The molecular weight excluding hydrogens is 634 g/mol. The van der Waals surface area contributed by atoms with E-state index in [1.54, 1.807) is 23.5 Å². The van der Waals surface area contributed by atoms with Crippen LogP contribution < -0.4 is 10.1 Å². The lowest BCUT2D eigenvalue weighted by atomic mass is 9.85. The number of carbonyl (C=O) groups excluding carboxylic acids is 3. The van der Waals surface area contributed by atoms with Crippen LogP contribution in [0.4, 0.5) is 0 Å². The fourth-order valence-electron chi connectivity index (χ4n) is 5.57. The number of carboxylic acids is 1. The van der Waals surface area contributed by atoms with Crippen molar-refractivity contribution >= 4 is 34.9 Å². The number of aliphatic hydroxyl groups excluding tert-OH is 1. The summed E-state index contributed by atoms with van der Waals surface area (Å²) in [7, 11) is 0. The van der Waals surface area contributed by atoms with Crippen molar-refractivity contribution in [2.24, 2.45) is 5.41 Å². The maximum Gasteiger partial charge on any atom is 0.335 e. The Bertz CT molecular complexity index is 1550. The molecule has 11 nitrogen and oxygen atoms in total. The minimum absolute atomic E-state index is 0.0306. The Morgan fingerprint density at radius 2 is 1.73 bits per heavy atom. The van der Waals surface area contributed by atoms with Crippen molar-refractivity contribution in [3.63, 3.8) is 0 Å². The Labute approximate surface area is 285 Å².